The highest BCUT2D eigenvalue weighted by atomic mass is 16.5. The first-order valence-electron chi connectivity index (χ1n) is 11.4. The van der Waals surface area contributed by atoms with Gasteiger partial charge in [-0.1, -0.05) is 26.0 Å². The van der Waals surface area contributed by atoms with Crippen LogP contribution in [0, 0.1) is 0 Å². The number of hydrogen-bond acceptors (Lipinski definition) is 11. The molecule has 1 aromatic carbocycles. The minimum Gasteiger partial charge on any atom is -0.492 e. The Kier molecular flexibility index (Phi) is 5.11. The maximum Gasteiger partial charge on any atom is 0.255 e. The summed E-state index contributed by atoms with van der Waals surface area (Å²) in [5.74, 6) is -2.63. The maximum atomic E-state index is 13.4. The van der Waals surface area contributed by atoms with Gasteiger partial charge in [0.15, 0.2) is 17.6 Å². The molecule has 35 heavy (non-hydrogen) atoms. The molecule has 5 rings (SSSR count). The second-order valence-corrected chi connectivity index (χ2v) is 9.96. The van der Waals surface area contributed by atoms with E-state index in [1.807, 2.05) is 6.07 Å². The van der Waals surface area contributed by atoms with Crippen molar-refractivity contribution in [3.05, 3.63) is 29.3 Å². The van der Waals surface area contributed by atoms with E-state index >= 15 is 0 Å². The minimum atomic E-state index is -2.56. The van der Waals surface area contributed by atoms with Crippen molar-refractivity contribution >= 4 is 24.2 Å². The Morgan fingerprint density at radius 2 is 2.11 bits per heavy atom. The van der Waals surface area contributed by atoms with E-state index in [0.29, 0.717) is 24.3 Å². The number of carbonyl (C=O) groups excluding carboxylic acids is 2. The van der Waals surface area contributed by atoms with Crippen molar-refractivity contribution in [2.45, 2.75) is 55.3 Å². The first kappa shape index (κ1) is 23.2. The van der Waals surface area contributed by atoms with Crippen LogP contribution in [0.1, 0.15) is 36.2 Å². The number of para-hydroxylation sites is 1. The highest BCUT2D eigenvalue weighted by Crippen LogP contribution is 2.45. The Morgan fingerprint density at radius 1 is 1.34 bits per heavy atom. The Balaban J connectivity index is 1.47. The van der Waals surface area contributed by atoms with E-state index in [-0.39, 0.29) is 30.4 Å². The lowest BCUT2D eigenvalue weighted by Gasteiger charge is -2.48. The topological polar surface area (TPSA) is 200 Å². The molecule has 0 aliphatic carbocycles. The number of rotatable bonds is 5. The molecule has 2 amide bonds. The van der Waals surface area contributed by atoms with Crippen molar-refractivity contribution in [2.75, 3.05) is 19.7 Å². The van der Waals surface area contributed by atoms with Gasteiger partial charge in [0, 0.05) is 18.7 Å². The molecule has 1 fully saturated rings. The van der Waals surface area contributed by atoms with Crippen LogP contribution in [0.5, 0.6) is 5.75 Å². The molecule has 188 valence electrons. The molecular weight excluding hydrogens is 456 g/mol. The number of nitrogens with one attached hydrogen (secondary N) is 3. The van der Waals surface area contributed by atoms with Crippen LogP contribution in [0.15, 0.2) is 28.2 Å². The molecule has 4 aliphatic heterocycles. The second kappa shape index (κ2) is 7.71. The molecule has 0 radical (unpaired) electrons. The predicted octanol–water partition coefficient (Wildman–Crippen LogP) is -2.73. The molecule has 13 nitrogen and oxygen atoms in total. The lowest BCUT2D eigenvalue weighted by Crippen LogP contribution is -2.78. The second-order valence-electron chi connectivity index (χ2n) is 9.96. The van der Waals surface area contributed by atoms with Crippen LogP contribution in [-0.2, 0) is 10.2 Å². The lowest BCUT2D eigenvalue weighted by atomic mass is 9.79. The summed E-state index contributed by atoms with van der Waals surface area (Å²) < 4.78 is 5.86. The highest BCUT2D eigenvalue weighted by molar-refractivity contribution is 5.98. The molecule has 4 atom stereocenters. The van der Waals surface area contributed by atoms with Gasteiger partial charge in [-0.05, 0) is 17.9 Å². The number of nitrogens with zero attached hydrogens (tertiary/aromatic N) is 3. The normalized spacial score (nSPS) is 31.5. The smallest absolute Gasteiger partial charge is 0.255 e. The number of nitrogens with two attached hydrogens (primary N) is 2. The summed E-state index contributed by atoms with van der Waals surface area (Å²) in [6, 6.07) is 2.55. The summed E-state index contributed by atoms with van der Waals surface area (Å²) in [6.45, 7) is 4.63. The number of aliphatic imine (C=N–C) groups is 2. The fourth-order valence-electron chi connectivity index (χ4n) is 5.60. The van der Waals surface area contributed by atoms with Crippen molar-refractivity contribution in [1.82, 2.24) is 20.9 Å². The number of ether oxygens (including phenoxy) is 1. The molecule has 0 saturated carbocycles. The van der Waals surface area contributed by atoms with Crippen LogP contribution in [0.2, 0.25) is 0 Å². The van der Waals surface area contributed by atoms with Crippen LogP contribution in [0.25, 0.3) is 0 Å². The van der Waals surface area contributed by atoms with E-state index in [1.54, 1.807) is 12.1 Å². The zero-order chi connectivity index (χ0) is 25.2. The fourth-order valence-corrected chi connectivity index (χ4v) is 5.60. The third kappa shape index (κ3) is 3.22. The summed E-state index contributed by atoms with van der Waals surface area (Å²) in [5.41, 5.74) is 11.5. The van der Waals surface area contributed by atoms with Crippen molar-refractivity contribution < 1.29 is 24.5 Å². The molecule has 0 bridgehead atoms. The quantitative estimate of drug-likeness (QED) is 0.170. The fraction of sp³-hybridized carbons (Fsp3) is 0.545. The van der Waals surface area contributed by atoms with Gasteiger partial charge in [0.1, 0.15) is 17.8 Å². The van der Waals surface area contributed by atoms with Crippen molar-refractivity contribution in [3.63, 3.8) is 0 Å². The van der Waals surface area contributed by atoms with Gasteiger partial charge in [-0.2, -0.15) is 0 Å². The maximum absolute atomic E-state index is 13.4. The highest BCUT2D eigenvalue weighted by Gasteiger charge is 2.73. The van der Waals surface area contributed by atoms with Crippen molar-refractivity contribution in [2.24, 2.45) is 21.5 Å². The standard InChI is InChI=1S/C22H30N8O5/c1-20(2)6-7-35-15-11(4-3-5-12(15)20)17(32)27-14-9-30-19(24)26-13(8-25-10-31)16-21(30,22(14,33)34)29-18(23)28-16/h3-5,10,13-14,16,33-34H,6-9H2,1-2H3,(H2,24,26)(H,25,31)(H,27,32)(H3,23,28,29)/t13-,14?,16?,21?/m0/s1. The number of aliphatic hydroxyl groups is 2. The number of guanidine groups is 2. The molecule has 1 spiro atoms. The average Bonchev–Trinajstić information content (AvgIpc) is 3.26. The van der Waals surface area contributed by atoms with Gasteiger partial charge >= 0.3 is 0 Å². The molecule has 1 aromatic rings. The van der Waals surface area contributed by atoms with Gasteiger partial charge in [0.2, 0.25) is 12.2 Å². The molecule has 0 aromatic heterocycles. The molecule has 1 saturated heterocycles. The molecule has 9 N–H and O–H groups in total. The zero-order valence-electron chi connectivity index (χ0n) is 19.5. The van der Waals surface area contributed by atoms with E-state index < -0.39 is 35.5 Å². The Labute approximate surface area is 201 Å². The van der Waals surface area contributed by atoms with Crippen molar-refractivity contribution in [3.8, 4) is 5.75 Å². The third-order valence-corrected chi connectivity index (χ3v) is 7.48. The molecule has 13 heteroatoms. The largest absolute Gasteiger partial charge is 0.492 e. The van der Waals surface area contributed by atoms with E-state index in [2.05, 4.69) is 39.8 Å². The van der Waals surface area contributed by atoms with E-state index in [4.69, 9.17) is 16.2 Å². The number of hydrogen-bond donors (Lipinski definition) is 7. The average molecular weight is 487 g/mol. The molecule has 4 heterocycles. The van der Waals surface area contributed by atoms with E-state index in [1.165, 1.54) is 4.90 Å². The zero-order valence-corrected chi connectivity index (χ0v) is 19.5. The summed E-state index contributed by atoms with van der Waals surface area (Å²) in [4.78, 5) is 34.4. The third-order valence-electron chi connectivity index (χ3n) is 7.48. The summed E-state index contributed by atoms with van der Waals surface area (Å²) in [5, 5.41) is 31.1. The first-order valence-corrected chi connectivity index (χ1v) is 11.4. The van der Waals surface area contributed by atoms with Gasteiger partial charge < -0.3 is 47.3 Å². The van der Waals surface area contributed by atoms with Gasteiger partial charge in [-0.15, -0.1) is 0 Å². The van der Waals surface area contributed by atoms with Gasteiger partial charge in [0.25, 0.3) is 5.91 Å². The van der Waals surface area contributed by atoms with Crippen LogP contribution < -0.4 is 32.2 Å². The van der Waals surface area contributed by atoms with E-state index in [9.17, 15) is 19.8 Å². The SMILES string of the molecule is CC1(C)CCOc2c(C(=O)NC3CN4C(N)=N[C@@H](CNC=O)C5N=C(N)NC54C3(O)O)cccc21. The van der Waals surface area contributed by atoms with Crippen LogP contribution in [-0.4, -0.2) is 88.6 Å². The van der Waals surface area contributed by atoms with Crippen molar-refractivity contribution in [1.29, 1.82) is 0 Å². The Morgan fingerprint density at radius 3 is 2.86 bits per heavy atom. The Hall–Kier alpha value is -3.58. The monoisotopic (exact) mass is 486 g/mol. The summed E-state index contributed by atoms with van der Waals surface area (Å²) >= 11 is 0. The lowest BCUT2D eigenvalue weighted by molar-refractivity contribution is -0.230. The number of fused-ring (bicyclic) bond motifs is 1. The summed E-state index contributed by atoms with van der Waals surface area (Å²) in [6.07, 6.45) is 1.32. The number of amides is 2. The Bertz CT molecular complexity index is 1130. The van der Waals surface area contributed by atoms with Gasteiger partial charge in [-0.25, -0.2) is 9.98 Å². The number of benzene rings is 1. The minimum absolute atomic E-state index is 0.00254. The molecule has 3 unspecified atom stereocenters. The number of carbonyl (C=O) groups is 2. The van der Waals surface area contributed by atoms with Gasteiger partial charge in [-0.3, -0.25) is 9.59 Å². The van der Waals surface area contributed by atoms with E-state index in [0.717, 1.165) is 12.0 Å². The van der Waals surface area contributed by atoms with Crippen LogP contribution in [0.3, 0.4) is 0 Å². The van der Waals surface area contributed by atoms with Crippen LogP contribution >= 0.6 is 0 Å². The summed E-state index contributed by atoms with van der Waals surface area (Å²) in [7, 11) is 0. The molecule has 4 aliphatic rings. The first-order chi connectivity index (χ1) is 16.5. The van der Waals surface area contributed by atoms with Crippen LogP contribution in [0.4, 0.5) is 0 Å². The van der Waals surface area contributed by atoms with Gasteiger partial charge in [0.05, 0.1) is 18.2 Å². The predicted molar refractivity (Wildman–Crippen MR) is 125 cm³/mol. The molecular formula is C22H30N8O5.